The van der Waals surface area contributed by atoms with Crippen LogP contribution in [0, 0.1) is 0 Å². The molecule has 5 nitrogen and oxygen atoms in total. The molecule has 0 saturated heterocycles. The second-order valence-electron chi connectivity index (χ2n) is 5.99. The highest BCUT2D eigenvalue weighted by Gasteiger charge is 2.09. The Kier molecular flexibility index (Phi) is 8.72. The van der Waals surface area contributed by atoms with E-state index in [2.05, 4.69) is 5.32 Å². The molecular weight excluding hydrogens is 387 g/mol. The number of aryl methyl sites for hydroxylation is 1. The zero-order valence-electron chi connectivity index (χ0n) is 15.3. The van der Waals surface area contributed by atoms with Gasteiger partial charge in [-0.2, -0.15) is 0 Å². The Labute approximate surface area is 169 Å². The van der Waals surface area contributed by atoms with Gasteiger partial charge in [0.1, 0.15) is 6.61 Å². The summed E-state index contributed by atoms with van der Waals surface area (Å²) in [5, 5.41) is 4.19. The van der Waals surface area contributed by atoms with Gasteiger partial charge in [0.05, 0.1) is 13.5 Å². The molecule has 0 unspecified atom stereocenters. The molecule has 2 rings (SSSR count). The van der Waals surface area contributed by atoms with Crippen molar-refractivity contribution in [2.45, 2.75) is 19.3 Å². The average molecular weight is 411 g/mol. The Morgan fingerprint density at radius 3 is 2.67 bits per heavy atom. The number of benzene rings is 2. The van der Waals surface area contributed by atoms with Crippen molar-refractivity contribution < 1.29 is 14.3 Å². The number of hydrogen-bond acceptors (Lipinski definition) is 4. The zero-order valence-corrected chi connectivity index (χ0v) is 16.8. The van der Waals surface area contributed by atoms with E-state index in [1.807, 2.05) is 18.2 Å². The number of carbonyl (C=O) groups is 1. The number of nitrogens with two attached hydrogens (primary N) is 1. The number of ether oxygens (including phenoxy) is 2. The second-order valence-corrected chi connectivity index (χ2v) is 6.83. The van der Waals surface area contributed by atoms with Crippen molar-refractivity contribution in [3.63, 3.8) is 0 Å². The van der Waals surface area contributed by atoms with Crippen molar-refractivity contribution in [2.24, 2.45) is 5.73 Å². The molecule has 0 heterocycles. The molecule has 1 amide bonds. The van der Waals surface area contributed by atoms with Crippen LogP contribution in [0.25, 0.3) is 0 Å². The van der Waals surface area contributed by atoms with E-state index >= 15 is 0 Å². The van der Waals surface area contributed by atoms with Gasteiger partial charge >= 0.3 is 0 Å². The quantitative estimate of drug-likeness (QED) is 0.586. The van der Waals surface area contributed by atoms with Gasteiger partial charge in [0.15, 0.2) is 11.5 Å². The lowest BCUT2D eigenvalue weighted by molar-refractivity contribution is -0.120. The van der Waals surface area contributed by atoms with Gasteiger partial charge < -0.3 is 20.5 Å². The smallest absolute Gasteiger partial charge is 0.224 e. The maximum absolute atomic E-state index is 12.1. The summed E-state index contributed by atoms with van der Waals surface area (Å²) in [6.07, 6.45) is 1.84. The van der Waals surface area contributed by atoms with Gasteiger partial charge in [0, 0.05) is 23.1 Å². The zero-order chi connectivity index (χ0) is 19.6. The summed E-state index contributed by atoms with van der Waals surface area (Å²) < 4.78 is 10.8. The largest absolute Gasteiger partial charge is 0.493 e. The number of nitrogens with one attached hydrogen (secondary N) is 1. The van der Waals surface area contributed by atoms with Gasteiger partial charge in [0.2, 0.25) is 5.91 Å². The lowest BCUT2D eigenvalue weighted by atomic mass is 10.1. The average Bonchev–Trinajstić information content (AvgIpc) is 2.65. The van der Waals surface area contributed by atoms with Gasteiger partial charge in [-0.3, -0.25) is 4.79 Å². The Balaban J connectivity index is 1.79. The molecule has 0 aliphatic rings. The predicted molar refractivity (Wildman–Crippen MR) is 109 cm³/mol. The molecule has 2 aromatic carbocycles. The van der Waals surface area contributed by atoms with Crippen molar-refractivity contribution >= 4 is 29.1 Å². The first kappa shape index (κ1) is 21.4. The molecule has 0 radical (unpaired) electrons. The van der Waals surface area contributed by atoms with Crippen molar-refractivity contribution in [2.75, 3.05) is 26.8 Å². The minimum atomic E-state index is -0.0464. The van der Waals surface area contributed by atoms with E-state index in [1.165, 1.54) is 0 Å². The molecule has 27 heavy (non-hydrogen) atoms. The maximum atomic E-state index is 12.1. The molecule has 0 fully saturated rings. The minimum absolute atomic E-state index is 0.0464. The number of amides is 1. The van der Waals surface area contributed by atoms with Gasteiger partial charge in [-0.15, -0.1) is 0 Å². The third-order valence-corrected chi connectivity index (χ3v) is 4.52. The first-order chi connectivity index (χ1) is 13.0. The highest BCUT2D eigenvalue weighted by molar-refractivity contribution is 6.35. The molecule has 0 bridgehead atoms. The Morgan fingerprint density at radius 1 is 1.15 bits per heavy atom. The summed E-state index contributed by atoms with van der Waals surface area (Å²) in [6.45, 7) is 1.41. The van der Waals surface area contributed by atoms with Crippen LogP contribution in [-0.2, 0) is 17.6 Å². The number of halogens is 2. The van der Waals surface area contributed by atoms with E-state index in [4.69, 9.17) is 38.4 Å². The van der Waals surface area contributed by atoms with Crippen LogP contribution in [0.3, 0.4) is 0 Å². The molecule has 0 aromatic heterocycles. The van der Waals surface area contributed by atoms with E-state index < -0.39 is 0 Å². The van der Waals surface area contributed by atoms with Crippen LogP contribution in [0.4, 0.5) is 0 Å². The molecule has 3 N–H and O–H groups in total. The molecule has 0 spiro atoms. The first-order valence-corrected chi connectivity index (χ1v) is 9.49. The highest BCUT2D eigenvalue weighted by atomic mass is 35.5. The van der Waals surface area contributed by atoms with E-state index in [0.29, 0.717) is 41.2 Å². The summed E-state index contributed by atoms with van der Waals surface area (Å²) >= 11 is 12.0. The molecule has 0 atom stereocenters. The SMILES string of the molecule is COc1cc(CC(=O)NCCCc2ccc(Cl)cc2Cl)ccc1OCCN. The van der Waals surface area contributed by atoms with E-state index in [9.17, 15) is 4.79 Å². The normalized spacial score (nSPS) is 10.5. The monoisotopic (exact) mass is 410 g/mol. The van der Waals surface area contributed by atoms with Gasteiger partial charge in [-0.1, -0.05) is 35.3 Å². The van der Waals surface area contributed by atoms with Crippen LogP contribution < -0.4 is 20.5 Å². The Bertz CT molecular complexity index is 769. The Hall–Kier alpha value is -1.95. The lowest BCUT2D eigenvalue weighted by Crippen LogP contribution is -2.26. The summed E-state index contributed by atoms with van der Waals surface area (Å²) in [7, 11) is 1.57. The molecule has 0 aliphatic heterocycles. The van der Waals surface area contributed by atoms with Crippen molar-refractivity contribution in [1.29, 1.82) is 0 Å². The minimum Gasteiger partial charge on any atom is -0.493 e. The third-order valence-electron chi connectivity index (χ3n) is 3.93. The molecule has 0 aliphatic carbocycles. The van der Waals surface area contributed by atoms with E-state index in [1.54, 1.807) is 25.3 Å². The number of rotatable bonds is 10. The van der Waals surface area contributed by atoms with Gasteiger partial charge in [-0.25, -0.2) is 0 Å². The Morgan fingerprint density at radius 2 is 1.96 bits per heavy atom. The van der Waals surface area contributed by atoms with Crippen molar-refractivity contribution in [3.05, 3.63) is 57.6 Å². The summed E-state index contributed by atoms with van der Waals surface area (Å²) in [4.78, 5) is 12.1. The van der Waals surface area contributed by atoms with Crippen molar-refractivity contribution in [1.82, 2.24) is 5.32 Å². The third kappa shape index (κ3) is 6.94. The van der Waals surface area contributed by atoms with Crippen molar-refractivity contribution in [3.8, 4) is 11.5 Å². The summed E-state index contributed by atoms with van der Waals surface area (Å²) in [6, 6.07) is 10.9. The number of methoxy groups -OCH3 is 1. The molecule has 7 heteroatoms. The molecule has 146 valence electrons. The number of hydrogen-bond donors (Lipinski definition) is 2. The standard InChI is InChI=1S/C20H24Cl2N2O3/c1-26-19-11-14(4-7-18(19)27-10-8-23)12-20(25)24-9-2-3-15-5-6-16(21)13-17(15)22/h4-7,11,13H,2-3,8-10,12,23H2,1H3,(H,24,25). The van der Waals surface area contributed by atoms with Crippen LogP contribution in [0.15, 0.2) is 36.4 Å². The van der Waals surface area contributed by atoms with E-state index in [0.717, 1.165) is 24.0 Å². The summed E-state index contributed by atoms with van der Waals surface area (Å²) in [5.41, 5.74) is 7.32. The van der Waals surface area contributed by atoms with E-state index in [-0.39, 0.29) is 12.3 Å². The van der Waals surface area contributed by atoms with Crippen LogP contribution >= 0.6 is 23.2 Å². The van der Waals surface area contributed by atoms with Gasteiger partial charge in [0.25, 0.3) is 0 Å². The van der Waals surface area contributed by atoms with Crippen LogP contribution in [0.5, 0.6) is 11.5 Å². The molecule has 2 aromatic rings. The molecule has 0 saturated carbocycles. The summed E-state index contributed by atoms with van der Waals surface area (Å²) in [5.74, 6) is 1.16. The number of carbonyl (C=O) groups excluding carboxylic acids is 1. The predicted octanol–water partition coefficient (Wildman–Crippen LogP) is 3.63. The van der Waals surface area contributed by atoms with Crippen LogP contribution in [0.1, 0.15) is 17.5 Å². The van der Waals surface area contributed by atoms with Crippen LogP contribution in [-0.4, -0.2) is 32.7 Å². The lowest BCUT2D eigenvalue weighted by Gasteiger charge is -2.12. The maximum Gasteiger partial charge on any atom is 0.224 e. The fraction of sp³-hybridized carbons (Fsp3) is 0.350. The second kappa shape index (κ2) is 11.0. The highest BCUT2D eigenvalue weighted by Crippen LogP contribution is 2.28. The fourth-order valence-corrected chi connectivity index (χ4v) is 3.09. The van der Waals surface area contributed by atoms with Gasteiger partial charge in [-0.05, 0) is 48.2 Å². The first-order valence-electron chi connectivity index (χ1n) is 8.74. The van der Waals surface area contributed by atoms with Crippen LogP contribution in [0.2, 0.25) is 10.0 Å². The molecular formula is C20H24Cl2N2O3. The topological polar surface area (TPSA) is 73.6 Å². The fourth-order valence-electron chi connectivity index (χ4n) is 2.59.